The van der Waals surface area contributed by atoms with Gasteiger partial charge in [-0.3, -0.25) is 4.79 Å². The average Bonchev–Trinajstić information content (AvgIpc) is 2.72. The second kappa shape index (κ2) is 13.9. The number of hydrogen-bond acceptors (Lipinski definition) is 3. The van der Waals surface area contributed by atoms with Gasteiger partial charge in [0, 0.05) is 13.2 Å². The molecule has 3 heteroatoms. The van der Waals surface area contributed by atoms with E-state index in [-0.39, 0.29) is 6.29 Å². The number of allylic oxidation sites excluding steroid dienone is 1. The third-order valence-electron chi connectivity index (χ3n) is 9.12. The first kappa shape index (κ1) is 29.4. The molecule has 32 heavy (non-hydrogen) atoms. The highest BCUT2D eigenvalue weighted by atomic mass is 16.7. The van der Waals surface area contributed by atoms with Crippen LogP contribution in [-0.4, -0.2) is 25.8 Å². The van der Waals surface area contributed by atoms with Crippen molar-refractivity contribution in [2.24, 2.45) is 40.4 Å². The summed E-state index contributed by atoms with van der Waals surface area (Å²) in [6, 6.07) is 0. The molecule has 0 spiro atoms. The van der Waals surface area contributed by atoms with Gasteiger partial charge < -0.3 is 9.47 Å². The van der Waals surface area contributed by atoms with Gasteiger partial charge in [-0.1, -0.05) is 60.5 Å². The molecule has 0 heterocycles. The molecule has 0 radical (unpaired) electrons. The molecule has 188 valence electrons. The quantitative estimate of drug-likeness (QED) is 0.241. The summed E-state index contributed by atoms with van der Waals surface area (Å²) in [7, 11) is 0. The van der Waals surface area contributed by atoms with E-state index in [0.717, 1.165) is 42.8 Å². The summed E-state index contributed by atoms with van der Waals surface area (Å²) in [6.45, 7) is 23.3. The third-order valence-corrected chi connectivity index (χ3v) is 9.12. The Morgan fingerprint density at radius 1 is 0.938 bits per heavy atom. The van der Waals surface area contributed by atoms with Crippen molar-refractivity contribution in [3.63, 3.8) is 0 Å². The SMILES string of the molecule is C=CC=O.CCOC(C)OCC.C[C@@H]1CCC[C@@]2(C)CC[C@H]3[C@H](C)CC[C@@H](C[C@H]12)C3(C)C. The molecule has 0 aromatic heterocycles. The zero-order valence-electron chi connectivity index (χ0n) is 22.6. The first-order valence-electron chi connectivity index (χ1n) is 13.4. The average molecular weight is 451 g/mol. The van der Waals surface area contributed by atoms with Gasteiger partial charge in [-0.15, -0.1) is 0 Å². The van der Waals surface area contributed by atoms with E-state index in [1.807, 2.05) is 20.8 Å². The van der Waals surface area contributed by atoms with E-state index in [2.05, 4.69) is 41.2 Å². The zero-order chi connectivity index (χ0) is 24.4. The Labute approximate surface area is 200 Å². The summed E-state index contributed by atoms with van der Waals surface area (Å²) in [5.74, 6) is 4.92. The van der Waals surface area contributed by atoms with Gasteiger partial charge in [-0.05, 0) is 99.4 Å². The fraction of sp³-hybridized carbons (Fsp3) is 0.897. The molecule has 0 aromatic carbocycles. The highest BCUT2D eigenvalue weighted by Gasteiger charge is 2.50. The van der Waals surface area contributed by atoms with Crippen LogP contribution in [0, 0.1) is 40.4 Å². The molecule has 3 aliphatic rings. The van der Waals surface area contributed by atoms with E-state index in [9.17, 15) is 0 Å². The van der Waals surface area contributed by atoms with Gasteiger partial charge in [0.2, 0.25) is 0 Å². The molecule has 2 bridgehead atoms. The second-order valence-electron chi connectivity index (χ2n) is 11.4. The summed E-state index contributed by atoms with van der Waals surface area (Å²) < 4.78 is 10.1. The molecule has 0 N–H and O–H groups in total. The maximum absolute atomic E-state index is 9.06. The van der Waals surface area contributed by atoms with Crippen LogP contribution >= 0.6 is 0 Å². The lowest BCUT2D eigenvalue weighted by molar-refractivity contribution is -0.123. The fourth-order valence-corrected chi connectivity index (χ4v) is 7.19. The minimum atomic E-state index is -0.0370. The van der Waals surface area contributed by atoms with E-state index in [1.54, 1.807) is 0 Å². The van der Waals surface area contributed by atoms with Crippen LogP contribution < -0.4 is 0 Å². The summed E-state index contributed by atoms with van der Waals surface area (Å²) in [5.41, 5.74) is 1.26. The molecule has 6 atom stereocenters. The smallest absolute Gasteiger partial charge is 0.154 e. The van der Waals surface area contributed by atoms with Gasteiger partial charge in [-0.25, -0.2) is 0 Å². The molecule has 0 amide bonds. The molecule has 3 aliphatic carbocycles. The van der Waals surface area contributed by atoms with Crippen molar-refractivity contribution < 1.29 is 14.3 Å². The zero-order valence-corrected chi connectivity index (χ0v) is 22.6. The molecule has 3 saturated carbocycles. The number of aldehydes is 1. The van der Waals surface area contributed by atoms with Crippen LogP contribution in [-0.2, 0) is 14.3 Å². The van der Waals surface area contributed by atoms with Gasteiger partial charge >= 0.3 is 0 Å². The van der Waals surface area contributed by atoms with Crippen molar-refractivity contribution >= 4 is 6.29 Å². The van der Waals surface area contributed by atoms with Gasteiger partial charge in [0.05, 0.1) is 0 Å². The van der Waals surface area contributed by atoms with E-state index < -0.39 is 0 Å². The van der Waals surface area contributed by atoms with Crippen molar-refractivity contribution in [1.29, 1.82) is 0 Å². The van der Waals surface area contributed by atoms with Crippen LogP contribution in [0.2, 0.25) is 0 Å². The molecule has 0 unspecified atom stereocenters. The maximum atomic E-state index is 9.06. The van der Waals surface area contributed by atoms with Crippen LogP contribution in [0.3, 0.4) is 0 Å². The lowest BCUT2D eigenvalue weighted by atomic mass is 9.48. The van der Waals surface area contributed by atoms with Gasteiger partial charge in [0.1, 0.15) is 6.29 Å². The van der Waals surface area contributed by atoms with Crippen LogP contribution in [0.5, 0.6) is 0 Å². The number of rotatable bonds is 5. The molecule has 0 aliphatic heterocycles. The number of fused-ring (bicyclic) bond motifs is 3. The first-order chi connectivity index (χ1) is 15.1. The Bertz CT molecular complexity index is 531. The highest BCUT2D eigenvalue weighted by Crippen LogP contribution is 2.60. The standard InChI is InChI=1S/C20H36.C6H14O2.C3H4O/c1-14-7-6-11-20(5)12-10-17-15(2)8-9-16(13-18(14)20)19(17,3)4;1-4-7-6(3)8-5-2;1-2-3-4/h14-18H,6-13H2,1-5H3;6H,4-5H2,1-3H3;2-3H,1H2/t14-,15-,16+,17+,18-,20+;;/m1../s1. The minimum Gasteiger partial charge on any atom is -0.353 e. The van der Waals surface area contributed by atoms with Crippen LogP contribution in [0.25, 0.3) is 0 Å². The van der Waals surface area contributed by atoms with Crippen molar-refractivity contribution in [3.05, 3.63) is 12.7 Å². The second-order valence-corrected chi connectivity index (χ2v) is 11.4. The van der Waals surface area contributed by atoms with Gasteiger partial charge in [0.15, 0.2) is 6.29 Å². The molecule has 3 nitrogen and oxygen atoms in total. The lowest BCUT2D eigenvalue weighted by Gasteiger charge is -2.57. The predicted octanol–water partition coefficient (Wildman–Crippen LogP) is 8.08. The Balaban J connectivity index is 0.000000357. The molecule has 0 saturated heterocycles. The third kappa shape index (κ3) is 7.97. The number of ether oxygens (including phenoxy) is 2. The van der Waals surface area contributed by atoms with Gasteiger partial charge in [-0.2, -0.15) is 0 Å². The van der Waals surface area contributed by atoms with E-state index in [0.29, 0.717) is 17.1 Å². The normalized spacial score (nSPS) is 35.6. The summed E-state index contributed by atoms with van der Waals surface area (Å²) >= 11 is 0. The summed E-state index contributed by atoms with van der Waals surface area (Å²) in [5, 5.41) is 0. The van der Waals surface area contributed by atoms with Crippen molar-refractivity contribution in [3.8, 4) is 0 Å². The Morgan fingerprint density at radius 2 is 1.50 bits per heavy atom. The topological polar surface area (TPSA) is 35.5 Å². The minimum absolute atomic E-state index is 0.0370. The largest absolute Gasteiger partial charge is 0.353 e. The highest BCUT2D eigenvalue weighted by molar-refractivity contribution is 5.63. The predicted molar refractivity (Wildman–Crippen MR) is 137 cm³/mol. The number of carbonyl (C=O) groups is 1. The Kier molecular flexibility index (Phi) is 12.8. The number of carbonyl (C=O) groups excluding carboxylic acids is 1. The number of hydrogen-bond donors (Lipinski definition) is 0. The Morgan fingerprint density at radius 3 is 2.03 bits per heavy atom. The fourth-order valence-electron chi connectivity index (χ4n) is 7.19. The molecular formula is C29H54O3. The summed E-state index contributed by atoms with van der Waals surface area (Å²) in [6.07, 6.45) is 13.8. The van der Waals surface area contributed by atoms with Crippen LogP contribution in [0.15, 0.2) is 12.7 Å². The van der Waals surface area contributed by atoms with Crippen molar-refractivity contribution in [2.75, 3.05) is 13.2 Å². The van der Waals surface area contributed by atoms with Crippen LogP contribution in [0.1, 0.15) is 107 Å². The van der Waals surface area contributed by atoms with E-state index in [4.69, 9.17) is 14.3 Å². The maximum Gasteiger partial charge on any atom is 0.154 e. The first-order valence-corrected chi connectivity index (χ1v) is 13.4. The van der Waals surface area contributed by atoms with Crippen LogP contribution in [0.4, 0.5) is 0 Å². The molecule has 0 aromatic rings. The molecule has 3 fully saturated rings. The Hall–Kier alpha value is -0.670. The van der Waals surface area contributed by atoms with Crippen molar-refractivity contribution in [2.45, 2.75) is 113 Å². The molecule has 3 rings (SSSR count). The van der Waals surface area contributed by atoms with E-state index in [1.165, 1.54) is 57.4 Å². The monoisotopic (exact) mass is 450 g/mol. The summed E-state index contributed by atoms with van der Waals surface area (Å²) in [4.78, 5) is 9.06. The van der Waals surface area contributed by atoms with Crippen molar-refractivity contribution in [1.82, 2.24) is 0 Å². The molecular weight excluding hydrogens is 396 g/mol. The van der Waals surface area contributed by atoms with Gasteiger partial charge in [0.25, 0.3) is 0 Å². The van der Waals surface area contributed by atoms with E-state index >= 15 is 0 Å². The lowest BCUT2D eigenvalue weighted by Crippen LogP contribution is -2.48.